The lowest BCUT2D eigenvalue weighted by Gasteiger charge is -2.23. The van der Waals surface area contributed by atoms with Gasteiger partial charge in [0.2, 0.25) is 5.91 Å². The zero-order valence-corrected chi connectivity index (χ0v) is 19.2. The van der Waals surface area contributed by atoms with E-state index in [0.717, 1.165) is 24.8 Å². The molecule has 9 heteroatoms. The van der Waals surface area contributed by atoms with Crippen LogP contribution < -0.4 is 15.8 Å². The van der Waals surface area contributed by atoms with Crippen LogP contribution >= 0.6 is 11.6 Å². The molecule has 0 unspecified atom stereocenters. The number of nitrogens with two attached hydrogens (primary N) is 1. The van der Waals surface area contributed by atoms with Gasteiger partial charge in [-0.2, -0.15) is 0 Å². The van der Waals surface area contributed by atoms with Crippen molar-refractivity contribution in [2.45, 2.75) is 77.4 Å². The summed E-state index contributed by atoms with van der Waals surface area (Å²) in [6, 6.07) is 4.91. The third-order valence-corrected chi connectivity index (χ3v) is 4.42. The van der Waals surface area contributed by atoms with E-state index in [0.29, 0.717) is 23.6 Å². The molecule has 31 heavy (non-hydrogen) atoms. The molecule has 0 aromatic heterocycles. The lowest BCUT2D eigenvalue weighted by Crippen LogP contribution is -2.42. The summed E-state index contributed by atoms with van der Waals surface area (Å²) >= 11 is 6.20. The number of carbonyl (C=O) groups excluding carboxylic acids is 2. The first-order chi connectivity index (χ1) is 14.4. The summed E-state index contributed by atoms with van der Waals surface area (Å²) in [4.78, 5) is 33.8. The van der Waals surface area contributed by atoms with Crippen molar-refractivity contribution >= 4 is 29.6 Å². The molecule has 0 bridgehead atoms. The van der Waals surface area contributed by atoms with Crippen LogP contribution in [-0.2, 0) is 20.7 Å². The number of rotatable bonds is 13. The Morgan fingerprint density at radius 3 is 2.45 bits per heavy atom. The van der Waals surface area contributed by atoms with Gasteiger partial charge in [0.15, 0.2) is 0 Å². The average Bonchev–Trinajstić information content (AvgIpc) is 2.61. The van der Waals surface area contributed by atoms with Crippen molar-refractivity contribution in [2.75, 3.05) is 6.61 Å². The van der Waals surface area contributed by atoms with Crippen molar-refractivity contribution in [3.05, 3.63) is 28.8 Å². The van der Waals surface area contributed by atoms with Gasteiger partial charge in [-0.05, 0) is 70.2 Å². The van der Waals surface area contributed by atoms with Crippen molar-refractivity contribution in [1.82, 2.24) is 5.32 Å². The van der Waals surface area contributed by atoms with Crippen LogP contribution in [0.4, 0.5) is 4.79 Å². The lowest BCUT2D eigenvalue weighted by molar-refractivity contribution is -0.137. The summed E-state index contributed by atoms with van der Waals surface area (Å²) in [5.74, 6) is -0.712. The molecule has 0 heterocycles. The molecule has 0 radical (unpaired) electrons. The van der Waals surface area contributed by atoms with E-state index in [1.165, 1.54) is 0 Å². The van der Waals surface area contributed by atoms with Gasteiger partial charge in [0, 0.05) is 17.9 Å². The molecule has 4 N–H and O–H groups in total. The summed E-state index contributed by atoms with van der Waals surface area (Å²) in [6.07, 6.45) is 3.01. The van der Waals surface area contributed by atoms with Gasteiger partial charge in [0.25, 0.3) is 0 Å². The Bertz CT molecular complexity index is 748. The first-order valence-corrected chi connectivity index (χ1v) is 10.7. The second kappa shape index (κ2) is 13.0. The smallest absolute Gasteiger partial charge is 0.407 e. The number of nitrogens with one attached hydrogen (secondary N) is 1. The number of aryl methyl sites for hydroxylation is 1. The molecule has 8 nitrogen and oxygen atoms in total. The van der Waals surface area contributed by atoms with Crippen LogP contribution in [-0.4, -0.2) is 41.3 Å². The van der Waals surface area contributed by atoms with Gasteiger partial charge in [-0.25, -0.2) is 4.79 Å². The highest BCUT2D eigenvalue weighted by Gasteiger charge is 2.20. The molecule has 1 rings (SSSR count). The third kappa shape index (κ3) is 13.4. The molecule has 0 saturated carbocycles. The van der Waals surface area contributed by atoms with Crippen LogP contribution in [0.15, 0.2) is 18.2 Å². The Morgan fingerprint density at radius 2 is 1.84 bits per heavy atom. The monoisotopic (exact) mass is 456 g/mol. The fourth-order valence-corrected chi connectivity index (χ4v) is 3.06. The van der Waals surface area contributed by atoms with E-state index < -0.39 is 29.6 Å². The van der Waals surface area contributed by atoms with Crippen molar-refractivity contribution in [2.24, 2.45) is 5.73 Å². The van der Waals surface area contributed by atoms with E-state index in [1.54, 1.807) is 26.8 Å². The maximum absolute atomic E-state index is 12.1. The molecule has 0 fully saturated rings. The normalized spacial score (nSPS) is 12.1. The Kier molecular flexibility index (Phi) is 11.2. The van der Waals surface area contributed by atoms with E-state index >= 15 is 0 Å². The molecule has 1 atom stereocenters. The minimum atomic E-state index is -0.788. The molecule has 2 amide bonds. The van der Waals surface area contributed by atoms with Gasteiger partial charge in [-0.15, -0.1) is 0 Å². The van der Waals surface area contributed by atoms with Crippen LogP contribution in [0.5, 0.6) is 5.75 Å². The van der Waals surface area contributed by atoms with Crippen LogP contribution in [0.25, 0.3) is 0 Å². The van der Waals surface area contributed by atoms with E-state index in [2.05, 4.69) is 5.32 Å². The number of unbranched alkanes of at least 4 members (excludes halogenated alkanes) is 2. The summed E-state index contributed by atoms with van der Waals surface area (Å²) in [6.45, 7) is 5.40. The number of amides is 2. The SMILES string of the molecule is CC(C)(C)OC(=O)N[C@@H](CCC(N)=O)COc1cc(Cl)cc(CCCCCC(=O)O)c1. The minimum absolute atomic E-state index is 0.0982. The predicted octanol–water partition coefficient (Wildman–Crippen LogP) is 4.07. The number of alkyl carbamates (subject to hydrolysis) is 1. The number of benzene rings is 1. The van der Waals surface area contributed by atoms with Crippen molar-refractivity contribution < 1.29 is 29.0 Å². The molecule has 1 aromatic carbocycles. The lowest BCUT2D eigenvalue weighted by atomic mass is 10.1. The van der Waals surface area contributed by atoms with Gasteiger partial charge in [0.1, 0.15) is 18.0 Å². The van der Waals surface area contributed by atoms with E-state index in [1.807, 2.05) is 12.1 Å². The summed E-state index contributed by atoms with van der Waals surface area (Å²) in [7, 11) is 0. The number of hydrogen-bond donors (Lipinski definition) is 3. The molecule has 0 aliphatic carbocycles. The van der Waals surface area contributed by atoms with Crippen molar-refractivity contribution in [3.8, 4) is 5.75 Å². The van der Waals surface area contributed by atoms with Gasteiger partial charge < -0.3 is 25.6 Å². The number of carbonyl (C=O) groups is 3. The van der Waals surface area contributed by atoms with Crippen molar-refractivity contribution in [1.29, 1.82) is 0 Å². The van der Waals surface area contributed by atoms with E-state index in [4.69, 9.17) is 31.9 Å². The highest BCUT2D eigenvalue weighted by molar-refractivity contribution is 6.30. The van der Waals surface area contributed by atoms with Crippen LogP contribution in [0.1, 0.15) is 64.9 Å². The molecular formula is C22H33ClN2O6. The van der Waals surface area contributed by atoms with E-state index in [-0.39, 0.29) is 19.4 Å². The number of primary amides is 1. The van der Waals surface area contributed by atoms with Crippen LogP contribution in [0, 0.1) is 0 Å². The largest absolute Gasteiger partial charge is 0.491 e. The van der Waals surface area contributed by atoms with Crippen LogP contribution in [0.2, 0.25) is 5.02 Å². The molecule has 0 saturated heterocycles. The molecule has 174 valence electrons. The number of carboxylic acids is 1. The molecule has 0 aliphatic heterocycles. The highest BCUT2D eigenvalue weighted by Crippen LogP contribution is 2.23. The Labute approximate surface area is 188 Å². The van der Waals surface area contributed by atoms with E-state index in [9.17, 15) is 14.4 Å². The number of halogens is 1. The quantitative estimate of drug-likeness (QED) is 0.384. The van der Waals surface area contributed by atoms with Gasteiger partial charge in [-0.1, -0.05) is 18.0 Å². The maximum Gasteiger partial charge on any atom is 0.407 e. The number of carboxylic acid groups (broad SMARTS) is 1. The fraction of sp³-hybridized carbons (Fsp3) is 0.591. The zero-order chi connectivity index (χ0) is 23.4. The standard InChI is InChI=1S/C22H33ClN2O6/c1-22(2,3)31-21(29)25-17(9-10-19(24)26)14-30-18-12-15(11-16(23)13-18)7-5-4-6-8-20(27)28/h11-13,17H,4-10,14H2,1-3H3,(H2,24,26)(H,25,29)(H,27,28)/t17-/m0/s1. The predicted molar refractivity (Wildman–Crippen MR) is 118 cm³/mol. The molecule has 0 spiro atoms. The Hall–Kier alpha value is -2.48. The Morgan fingerprint density at radius 1 is 1.13 bits per heavy atom. The van der Waals surface area contributed by atoms with Gasteiger partial charge in [0.05, 0.1) is 6.04 Å². The second-order valence-corrected chi connectivity index (χ2v) is 8.85. The molecular weight excluding hydrogens is 424 g/mol. The third-order valence-electron chi connectivity index (χ3n) is 4.20. The van der Waals surface area contributed by atoms with Crippen LogP contribution in [0.3, 0.4) is 0 Å². The molecule has 1 aromatic rings. The fourth-order valence-electron chi connectivity index (χ4n) is 2.82. The van der Waals surface area contributed by atoms with Crippen molar-refractivity contribution in [3.63, 3.8) is 0 Å². The summed E-state index contributed by atoms with van der Waals surface area (Å²) in [5, 5.41) is 11.9. The average molecular weight is 457 g/mol. The number of hydrogen-bond acceptors (Lipinski definition) is 5. The molecule has 0 aliphatic rings. The second-order valence-electron chi connectivity index (χ2n) is 8.41. The topological polar surface area (TPSA) is 128 Å². The zero-order valence-electron chi connectivity index (χ0n) is 18.4. The first-order valence-electron chi connectivity index (χ1n) is 10.4. The highest BCUT2D eigenvalue weighted by atomic mass is 35.5. The number of ether oxygens (including phenoxy) is 2. The Balaban J connectivity index is 2.66. The first kappa shape index (κ1) is 26.6. The van der Waals surface area contributed by atoms with Gasteiger partial charge >= 0.3 is 12.1 Å². The summed E-state index contributed by atoms with van der Waals surface area (Å²) < 4.78 is 11.1. The van der Waals surface area contributed by atoms with Gasteiger partial charge in [-0.3, -0.25) is 9.59 Å². The number of aliphatic carboxylic acids is 1. The minimum Gasteiger partial charge on any atom is -0.491 e. The maximum atomic E-state index is 12.1. The summed E-state index contributed by atoms with van der Waals surface area (Å²) in [5.41, 5.74) is 5.56.